The van der Waals surface area contributed by atoms with Gasteiger partial charge in [0.15, 0.2) is 0 Å². The van der Waals surface area contributed by atoms with Crippen molar-refractivity contribution in [1.82, 2.24) is 0 Å². The third kappa shape index (κ3) is 2.99. The van der Waals surface area contributed by atoms with E-state index in [0.717, 1.165) is 29.8 Å². The Kier molecular flexibility index (Phi) is 4.55. The fraction of sp³-hybridized carbons (Fsp3) is 0.500. The Balaban J connectivity index is 3.18. The van der Waals surface area contributed by atoms with Gasteiger partial charge in [0.1, 0.15) is 6.04 Å². The van der Waals surface area contributed by atoms with E-state index in [-0.39, 0.29) is 0 Å². The number of hydrogen-bond acceptors (Lipinski definition) is 2. The molecule has 3 heteroatoms. The highest BCUT2D eigenvalue weighted by Crippen LogP contribution is 2.26. The number of benzene rings is 1. The van der Waals surface area contributed by atoms with Crippen molar-refractivity contribution in [2.45, 2.75) is 40.2 Å². The number of anilines is 1. The largest absolute Gasteiger partial charge is 0.480 e. The number of hydrogen-bond donors (Lipinski definition) is 1. The van der Waals surface area contributed by atoms with Crippen LogP contribution in [0.1, 0.15) is 31.4 Å². The first-order chi connectivity index (χ1) is 7.99. The van der Waals surface area contributed by atoms with Crippen LogP contribution in [0.5, 0.6) is 0 Å². The first kappa shape index (κ1) is 13.6. The molecule has 3 nitrogen and oxygen atoms in total. The van der Waals surface area contributed by atoms with Crippen LogP contribution in [0.3, 0.4) is 0 Å². The van der Waals surface area contributed by atoms with Gasteiger partial charge in [-0.25, -0.2) is 4.79 Å². The average molecular weight is 235 g/mol. The summed E-state index contributed by atoms with van der Waals surface area (Å²) in [5.74, 6) is -0.777. The van der Waals surface area contributed by atoms with E-state index in [1.165, 1.54) is 0 Å². The molecule has 1 aromatic carbocycles. The second-order valence-electron chi connectivity index (χ2n) is 4.45. The number of aryl methyl sites for hydroxylation is 2. The molecular weight excluding hydrogens is 214 g/mol. The highest BCUT2D eigenvalue weighted by atomic mass is 16.4. The third-order valence-corrected chi connectivity index (χ3v) is 3.02. The van der Waals surface area contributed by atoms with E-state index < -0.39 is 12.0 Å². The van der Waals surface area contributed by atoms with Crippen molar-refractivity contribution in [2.24, 2.45) is 0 Å². The van der Waals surface area contributed by atoms with E-state index in [2.05, 4.69) is 6.92 Å². The Hall–Kier alpha value is -1.51. The van der Waals surface area contributed by atoms with E-state index in [9.17, 15) is 9.90 Å². The van der Waals surface area contributed by atoms with Crippen LogP contribution in [0.2, 0.25) is 0 Å². The molecule has 0 bridgehead atoms. The topological polar surface area (TPSA) is 40.5 Å². The van der Waals surface area contributed by atoms with E-state index in [1.54, 1.807) is 6.92 Å². The van der Waals surface area contributed by atoms with Gasteiger partial charge in [-0.15, -0.1) is 0 Å². The van der Waals surface area contributed by atoms with Gasteiger partial charge in [-0.3, -0.25) is 0 Å². The first-order valence-corrected chi connectivity index (χ1v) is 6.04. The van der Waals surface area contributed by atoms with Crippen molar-refractivity contribution in [3.05, 3.63) is 29.3 Å². The lowest BCUT2D eigenvalue weighted by atomic mass is 10.1. The van der Waals surface area contributed by atoms with Gasteiger partial charge in [0.25, 0.3) is 0 Å². The van der Waals surface area contributed by atoms with Gasteiger partial charge in [-0.1, -0.05) is 25.1 Å². The molecule has 1 N–H and O–H groups in total. The predicted molar refractivity (Wildman–Crippen MR) is 70.7 cm³/mol. The fourth-order valence-electron chi connectivity index (χ4n) is 2.13. The minimum absolute atomic E-state index is 0.491. The van der Waals surface area contributed by atoms with Crippen molar-refractivity contribution in [3.8, 4) is 0 Å². The van der Waals surface area contributed by atoms with Crippen LogP contribution in [0, 0.1) is 13.8 Å². The maximum Gasteiger partial charge on any atom is 0.326 e. The summed E-state index contributed by atoms with van der Waals surface area (Å²) < 4.78 is 0. The first-order valence-electron chi connectivity index (χ1n) is 6.04. The Bertz CT molecular complexity index is 381. The molecule has 0 saturated carbocycles. The number of para-hydroxylation sites is 1. The van der Waals surface area contributed by atoms with Crippen molar-refractivity contribution in [1.29, 1.82) is 0 Å². The molecule has 94 valence electrons. The van der Waals surface area contributed by atoms with Crippen molar-refractivity contribution in [3.63, 3.8) is 0 Å². The molecule has 0 aliphatic carbocycles. The zero-order chi connectivity index (χ0) is 13.0. The summed E-state index contributed by atoms with van der Waals surface area (Å²) in [5.41, 5.74) is 3.32. The quantitative estimate of drug-likeness (QED) is 0.853. The standard InChI is InChI=1S/C14H21NO2/c1-5-9-15(12(4)14(16)17)13-10(2)7-6-8-11(13)3/h6-8,12H,5,9H2,1-4H3,(H,16,17)/t12-/m1/s1. The summed E-state index contributed by atoms with van der Waals surface area (Å²) in [6, 6.07) is 5.57. The zero-order valence-electron chi connectivity index (χ0n) is 11.0. The van der Waals surface area contributed by atoms with E-state index in [4.69, 9.17) is 0 Å². The van der Waals surface area contributed by atoms with Crippen LogP contribution in [0.15, 0.2) is 18.2 Å². The Labute approximate surface area is 103 Å². The molecule has 0 aromatic heterocycles. The van der Waals surface area contributed by atoms with Crippen molar-refractivity contribution >= 4 is 11.7 Å². The molecule has 0 unspecified atom stereocenters. The van der Waals surface area contributed by atoms with Gasteiger partial charge in [0.05, 0.1) is 0 Å². The monoisotopic (exact) mass is 235 g/mol. The van der Waals surface area contributed by atoms with Crippen LogP contribution in [0.25, 0.3) is 0 Å². The highest BCUT2D eigenvalue weighted by Gasteiger charge is 2.22. The van der Waals surface area contributed by atoms with Crippen LogP contribution in [0.4, 0.5) is 5.69 Å². The summed E-state index contributed by atoms with van der Waals surface area (Å²) in [6.45, 7) is 8.62. The van der Waals surface area contributed by atoms with Gasteiger partial charge < -0.3 is 10.0 Å². The van der Waals surface area contributed by atoms with E-state index in [0.29, 0.717) is 0 Å². The Morgan fingerprint density at radius 2 is 1.88 bits per heavy atom. The van der Waals surface area contributed by atoms with Crippen LogP contribution < -0.4 is 4.90 Å². The van der Waals surface area contributed by atoms with Gasteiger partial charge in [0, 0.05) is 12.2 Å². The lowest BCUT2D eigenvalue weighted by Gasteiger charge is -2.31. The van der Waals surface area contributed by atoms with Crippen molar-refractivity contribution in [2.75, 3.05) is 11.4 Å². The number of nitrogens with zero attached hydrogens (tertiary/aromatic N) is 1. The lowest BCUT2D eigenvalue weighted by molar-refractivity contribution is -0.138. The smallest absolute Gasteiger partial charge is 0.326 e. The number of carbonyl (C=O) groups is 1. The molecule has 0 amide bonds. The molecule has 0 aliphatic heterocycles. The zero-order valence-corrected chi connectivity index (χ0v) is 11.0. The summed E-state index contributed by atoms with van der Waals surface area (Å²) in [7, 11) is 0. The molecule has 0 aliphatic rings. The lowest BCUT2D eigenvalue weighted by Crippen LogP contribution is -2.40. The summed E-state index contributed by atoms with van der Waals surface area (Å²) in [4.78, 5) is 13.1. The van der Waals surface area contributed by atoms with Gasteiger partial charge in [0.2, 0.25) is 0 Å². The number of rotatable bonds is 5. The summed E-state index contributed by atoms with van der Waals surface area (Å²) in [5, 5.41) is 9.18. The molecule has 0 fully saturated rings. The van der Waals surface area contributed by atoms with Crippen LogP contribution in [-0.4, -0.2) is 23.7 Å². The second kappa shape index (κ2) is 5.71. The summed E-state index contributed by atoms with van der Waals surface area (Å²) >= 11 is 0. The molecule has 1 aromatic rings. The Morgan fingerprint density at radius 1 is 1.35 bits per heavy atom. The average Bonchev–Trinajstić information content (AvgIpc) is 2.26. The van der Waals surface area contributed by atoms with Gasteiger partial charge >= 0.3 is 5.97 Å². The SMILES string of the molecule is CCCN(c1c(C)cccc1C)[C@H](C)C(=O)O. The molecule has 1 atom stereocenters. The predicted octanol–water partition coefficient (Wildman–Crippen LogP) is 2.99. The fourth-order valence-corrected chi connectivity index (χ4v) is 2.13. The molecule has 0 heterocycles. The van der Waals surface area contributed by atoms with Gasteiger partial charge in [-0.05, 0) is 38.3 Å². The highest BCUT2D eigenvalue weighted by molar-refractivity contribution is 5.79. The molecule has 0 saturated heterocycles. The normalized spacial score (nSPS) is 12.2. The minimum Gasteiger partial charge on any atom is -0.480 e. The minimum atomic E-state index is -0.777. The second-order valence-corrected chi connectivity index (χ2v) is 4.45. The molecule has 0 spiro atoms. The maximum atomic E-state index is 11.2. The number of carboxylic acid groups (broad SMARTS) is 1. The maximum absolute atomic E-state index is 11.2. The third-order valence-electron chi connectivity index (χ3n) is 3.02. The van der Waals surface area contributed by atoms with Gasteiger partial charge in [-0.2, -0.15) is 0 Å². The van der Waals surface area contributed by atoms with Crippen LogP contribution in [-0.2, 0) is 4.79 Å². The molecule has 1 rings (SSSR count). The molecular formula is C14H21NO2. The van der Waals surface area contributed by atoms with E-state index >= 15 is 0 Å². The molecule has 0 radical (unpaired) electrons. The number of carboxylic acids is 1. The Morgan fingerprint density at radius 3 is 2.29 bits per heavy atom. The number of aliphatic carboxylic acids is 1. The van der Waals surface area contributed by atoms with Crippen molar-refractivity contribution < 1.29 is 9.90 Å². The van der Waals surface area contributed by atoms with E-state index in [1.807, 2.05) is 36.9 Å². The molecule has 17 heavy (non-hydrogen) atoms. The van der Waals surface area contributed by atoms with Crippen LogP contribution >= 0.6 is 0 Å². The summed E-state index contributed by atoms with van der Waals surface area (Å²) in [6.07, 6.45) is 0.936.